The number of hydrogen-bond donors (Lipinski definition) is 2. The molecule has 6 heteroatoms. The first-order valence-corrected chi connectivity index (χ1v) is 12.1. The lowest BCUT2D eigenvalue weighted by atomic mass is 9.86. The van der Waals surface area contributed by atoms with Crippen LogP contribution in [0.3, 0.4) is 0 Å². The number of allylic oxidation sites excluding steroid dienone is 1. The quantitative estimate of drug-likeness (QED) is 0.437. The van der Waals surface area contributed by atoms with E-state index in [1.807, 2.05) is 31.2 Å². The van der Waals surface area contributed by atoms with E-state index in [9.17, 15) is 14.6 Å². The van der Waals surface area contributed by atoms with Gasteiger partial charge in [0.15, 0.2) is 11.6 Å². The van der Waals surface area contributed by atoms with Gasteiger partial charge >= 0.3 is 0 Å². The smallest absolute Gasteiger partial charge is 0.164 e. The van der Waals surface area contributed by atoms with Crippen molar-refractivity contribution in [2.24, 2.45) is 5.92 Å². The highest BCUT2D eigenvalue weighted by Crippen LogP contribution is 2.47. The third kappa shape index (κ3) is 4.71. The summed E-state index contributed by atoms with van der Waals surface area (Å²) in [4.78, 5) is 2.41. The molecule has 182 valence electrons. The molecule has 0 saturated carbocycles. The molecule has 5 nitrogen and oxygen atoms in total. The van der Waals surface area contributed by atoms with Crippen LogP contribution in [0.15, 0.2) is 60.7 Å². The summed E-state index contributed by atoms with van der Waals surface area (Å²) in [5, 5.41) is 20.0. The lowest BCUT2D eigenvalue weighted by Gasteiger charge is -2.38. The van der Waals surface area contributed by atoms with Crippen molar-refractivity contribution < 1.29 is 24.1 Å². The van der Waals surface area contributed by atoms with Crippen LogP contribution in [-0.2, 0) is 0 Å². The molecule has 1 fully saturated rings. The van der Waals surface area contributed by atoms with Gasteiger partial charge in [-0.1, -0.05) is 31.5 Å². The van der Waals surface area contributed by atoms with Crippen LogP contribution in [0.25, 0.3) is 11.1 Å². The Labute approximate surface area is 205 Å². The van der Waals surface area contributed by atoms with Crippen LogP contribution in [0.1, 0.15) is 43.1 Å². The first-order chi connectivity index (χ1) is 16.9. The predicted molar refractivity (Wildman–Crippen MR) is 134 cm³/mol. The van der Waals surface area contributed by atoms with Crippen LogP contribution in [0.4, 0.5) is 4.39 Å². The number of nitrogens with zero attached hydrogens (tertiary/aromatic N) is 1. The van der Waals surface area contributed by atoms with Gasteiger partial charge in [-0.2, -0.15) is 0 Å². The third-order valence-electron chi connectivity index (χ3n) is 7.00. The Morgan fingerprint density at radius 3 is 2.51 bits per heavy atom. The average Bonchev–Trinajstić information content (AvgIpc) is 2.83. The maximum atomic E-state index is 13.8. The largest absolute Gasteiger partial charge is 0.508 e. The standard InChI is InChI=1S/C29H30FNO4/c1-3-19-16-31(17-19)12-13-34-23-8-4-20(5-9-23)29-28(21-6-10-25(30)26(33)14-21)18(2)24-15-22(32)7-11-27(24)35-29/h4-11,14-15,19,29,32-33H,3,12-13,16-17H2,1-2H3. The zero-order valence-electron chi connectivity index (χ0n) is 20.0. The van der Waals surface area contributed by atoms with Crippen LogP contribution >= 0.6 is 0 Å². The van der Waals surface area contributed by atoms with Gasteiger partial charge in [0.25, 0.3) is 0 Å². The van der Waals surface area contributed by atoms with Crippen LogP contribution in [0.5, 0.6) is 23.0 Å². The van der Waals surface area contributed by atoms with Gasteiger partial charge in [-0.25, -0.2) is 4.39 Å². The Kier molecular flexibility index (Phi) is 6.39. The van der Waals surface area contributed by atoms with Gasteiger partial charge in [-0.05, 0) is 72.0 Å². The second kappa shape index (κ2) is 9.62. The van der Waals surface area contributed by atoms with E-state index in [0.717, 1.165) is 53.6 Å². The third-order valence-corrected chi connectivity index (χ3v) is 7.00. The van der Waals surface area contributed by atoms with Crippen molar-refractivity contribution in [3.8, 4) is 23.0 Å². The second-order valence-electron chi connectivity index (χ2n) is 9.33. The number of halogens is 1. The highest BCUT2D eigenvalue weighted by atomic mass is 19.1. The maximum Gasteiger partial charge on any atom is 0.164 e. The number of ether oxygens (including phenoxy) is 2. The van der Waals surface area contributed by atoms with Gasteiger partial charge in [0.1, 0.15) is 30.0 Å². The molecule has 3 aromatic rings. The monoisotopic (exact) mass is 475 g/mol. The Morgan fingerprint density at radius 1 is 1.03 bits per heavy atom. The normalized spacial score (nSPS) is 18.1. The Balaban J connectivity index is 1.40. The molecule has 0 bridgehead atoms. The first-order valence-electron chi connectivity index (χ1n) is 12.1. The molecule has 1 saturated heterocycles. The molecule has 0 aliphatic carbocycles. The zero-order valence-corrected chi connectivity index (χ0v) is 20.0. The predicted octanol–water partition coefficient (Wildman–Crippen LogP) is 6.02. The van der Waals surface area contributed by atoms with Crippen molar-refractivity contribution >= 4 is 11.1 Å². The summed E-state index contributed by atoms with van der Waals surface area (Å²) < 4.78 is 26.1. The topological polar surface area (TPSA) is 62.2 Å². The number of phenols is 2. The van der Waals surface area contributed by atoms with Gasteiger partial charge in [0.2, 0.25) is 0 Å². The summed E-state index contributed by atoms with van der Waals surface area (Å²) in [5.74, 6) is 1.32. The molecule has 0 amide bonds. The van der Waals surface area contributed by atoms with Gasteiger partial charge in [0.05, 0.1) is 0 Å². The Hall–Kier alpha value is -3.51. The van der Waals surface area contributed by atoms with E-state index in [4.69, 9.17) is 9.47 Å². The summed E-state index contributed by atoms with van der Waals surface area (Å²) in [6.07, 6.45) is 0.763. The van der Waals surface area contributed by atoms with Crippen molar-refractivity contribution in [1.82, 2.24) is 4.90 Å². The molecule has 2 N–H and O–H groups in total. The van der Waals surface area contributed by atoms with Gasteiger partial charge < -0.3 is 19.7 Å². The highest BCUT2D eigenvalue weighted by molar-refractivity contribution is 5.95. The molecule has 2 heterocycles. The number of fused-ring (bicyclic) bond motifs is 1. The van der Waals surface area contributed by atoms with E-state index in [0.29, 0.717) is 17.9 Å². The minimum atomic E-state index is -0.678. The fourth-order valence-electron chi connectivity index (χ4n) is 4.87. The fourth-order valence-corrected chi connectivity index (χ4v) is 4.87. The molecule has 1 atom stereocenters. The molecule has 0 radical (unpaired) electrons. The Morgan fingerprint density at radius 2 is 1.80 bits per heavy atom. The maximum absolute atomic E-state index is 13.8. The molecule has 2 aliphatic rings. The molecule has 3 aromatic carbocycles. The van der Waals surface area contributed by atoms with Crippen LogP contribution < -0.4 is 9.47 Å². The number of phenolic OH excluding ortho intramolecular Hbond substituents is 2. The molecule has 1 unspecified atom stereocenters. The lowest BCUT2D eigenvalue weighted by Crippen LogP contribution is -2.47. The summed E-state index contributed by atoms with van der Waals surface area (Å²) in [6.45, 7) is 8.06. The summed E-state index contributed by atoms with van der Waals surface area (Å²) in [7, 11) is 0. The van der Waals surface area contributed by atoms with Crippen LogP contribution in [0, 0.1) is 11.7 Å². The average molecular weight is 476 g/mol. The molecule has 0 aromatic heterocycles. The first kappa shape index (κ1) is 23.2. The summed E-state index contributed by atoms with van der Waals surface area (Å²) >= 11 is 0. The van der Waals surface area contributed by atoms with Crippen LogP contribution in [-0.4, -0.2) is 41.4 Å². The number of benzene rings is 3. The van der Waals surface area contributed by atoms with E-state index < -0.39 is 17.7 Å². The van der Waals surface area contributed by atoms with E-state index in [1.54, 1.807) is 24.3 Å². The SMILES string of the molecule is CCC1CN(CCOc2ccc(C3Oc4ccc(O)cc4C(C)=C3c3ccc(F)c(O)c3)cc2)C1. The molecular formula is C29H30FNO4. The van der Waals surface area contributed by atoms with Crippen molar-refractivity contribution in [2.75, 3.05) is 26.2 Å². The Bertz CT molecular complexity index is 1250. The number of aromatic hydroxyl groups is 2. The van der Waals surface area contributed by atoms with Crippen LogP contribution in [0.2, 0.25) is 0 Å². The van der Waals surface area contributed by atoms with Crippen molar-refractivity contribution in [1.29, 1.82) is 0 Å². The van der Waals surface area contributed by atoms with E-state index in [1.165, 1.54) is 18.6 Å². The molecular weight excluding hydrogens is 445 g/mol. The minimum absolute atomic E-state index is 0.136. The number of rotatable bonds is 7. The summed E-state index contributed by atoms with van der Waals surface area (Å²) in [5.41, 5.74) is 4.01. The highest BCUT2D eigenvalue weighted by Gasteiger charge is 2.30. The van der Waals surface area contributed by atoms with Gasteiger partial charge in [-0.3, -0.25) is 4.90 Å². The molecule has 0 spiro atoms. The summed E-state index contributed by atoms with van der Waals surface area (Å²) in [6, 6.07) is 17.1. The fraction of sp³-hybridized carbons (Fsp3) is 0.310. The second-order valence-corrected chi connectivity index (χ2v) is 9.33. The minimum Gasteiger partial charge on any atom is -0.508 e. The van der Waals surface area contributed by atoms with Gasteiger partial charge in [-0.15, -0.1) is 0 Å². The zero-order chi connectivity index (χ0) is 24.5. The number of likely N-dealkylation sites (tertiary alicyclic amines) is 1. The van der Waals surface area contributed by atoms with Crippen molar-refractivity contribution in [3.63, 3.8) is 0 Å². The number of hydrogen-bond acceptors (Lipinski definition) is 5. The van der Waals surface area contributed by atoms with Gasteiger partial charge in [0, 0.05) is 30.8 Å². The molecule has 2 aliphatic heterocycles. The lowest BCUT2D eigenvalue weighted by molar-refractivity contribution is 0.0806. The van der Waals surface area contributed by atoms with Crippen molar-refractivity contribution in [3.05, 3.63) is 83.2 Å². The van der Waals surface area contributed by atoms with E-state index >= 15 is 0 Å². The molecule has 5 rings (SSSR count). The molecule has 35 heavy (non-hydrogen) atoms. The van der Waals surface area contributed by atoms with E-state index in [-0.39, 0.29) is 5.75 Å². The van der Waals surface area contributed by atoms with E-state index in [2.05, 4.69) is 11.8 Å². The van der Waals surface area contributed by atoms with Crippen molar-refractivity contribution in [2.45, 2.75) is 26.4 Å².